The Morgan fingerprint density at radius 3 is 2.56 bits per heavy atom. The number of methoxy groups -OCH3 is 1. The normalized spacial score (nSPS) is 21.4. The van der Waals surface area contributed by atoms with Gasteiger partial charge in [0, 0.05) is 22.6 Å². The minimum Gasteiger partial charge on any atom is -0.496 e. The Morgan fingerprint density at radius 2 is 1.80 bits per heavy atom. The highest BCUT2D eigenvalue weighted by atomic mass is 16.8. The number of hydrogen-bond acceptors (Lipinski definition) is 9. The number of anilines is 1. The molecule has 3 aromatic rings. The summed E-state index contributed by atoms with van der Waals surface area (Å²) in [5.74, 6) is 0.491. The first-order valence-electron chi connectivity index (χ1n) is 13.5. The zero-order chi connectivity index (χ0) is 29.1. The third kappa shape index (κ3) is 5.77. The summed E-state index contributed by atoms with van der Waals surface area (Å²) in [5, 5.41) is 22.4. The van der Waals surface area contributed by atoms with Crippen molar-refractivity contribution in [1.82, 2.24) is 0 Å². The van der Waals surface area contributed by atoms with E-state index in [2.05, 4.69) is 19.1 Å². The number of fused-ring (bicyclic) bond motifs is 5. The first kappa shape index (κ1) is 28.2. The maximum absolute atomic E-state index is 13.9. The monoisotopic (exact) mass is 559 g/mol. The number of carbonyl (C=O) groups is 2. The first-order chi connectivity index (χ1) is 19.8. The van der Waals surface area contributed by atoms with Crippen LogP contribution in [0.4, 0.5) is 5.69 Å². The molecule has 0 amide bonds. The van der Waals surface area contributed by atoms with E-state index >= 15 is 0 Å². The fourth-order valence-electron chi connectivity index (χ4n) is 5.47. The lowest BCUT2D eigenvalue weighted by Gasteiger charge is -2.21. The van der Waals surface area contributed by atoms with E-state index in [4.69, 9.17) is 18.9 Å². The fraction of sp³-hybridized carbons (Fsp3) is 0.312. The van der Waals surface area contributed by atoms with Crippen LogP contribution in [-0.4, -0.2) is 42.7 Å². The lowest BCUT2D eigenvalue weighted by molar-refractivity contribution is -0.105. The molecule has 0 saturated heterocycles. The van der Waals surface area contributed by atoms with Crippen molar-refractivity contribution in [2.45, 2.75) is 52.1 Å². The molecule has 3 aromatic carbocycles. The Labute approximate surface area is 237 Å². The van der Waals surface area contributed by atoms with Crippen molar-refractivity contribution in [3.63, 3.8) is 0 Å². The minimum absolute atomic E-state index is 0.0318. The van der Waals surface area contributed by atoms with Gasteiger partial charge in [0.1, 0.15) is 23.8 Å². The summed E-state index contributed by atoms with van der Waals surface area (Å²) in [7, 11) is 1.52. The highest BCUT2D eigenvalue weighted by molar-refractivity contribution is 6.23. The Kier molecular flexibility index (Phi) is 8.28. The van der Waals surface area contributed by atoms with Crippen LogP contribution < -0.4 is 19.4 Å². The van der Waals surface area contributed by atoms with Crippen molar-refractivity contribution >= 4 is 39.5 Å². The van der Waals surface area contributed by atoms with Gasteiger partial charge in [0.15, 0.2) is 11.5 Å². The molecule has 0 unspecified atom stereocenters. The fourth-order valence-corrected chi connectivity index (χ4v) is 5.47. The summed E-state index contributed by atoms with van der Waals surface area (Å²) in [6, 6.07) is 8.39. The predicted octanol–water partition coefficient (Wildman–Crippen LogP) is 6.82. The summed E-state index contributed by atoms with van der Waals surface area (Å²) >= 11 is 0. The van der Waals surface area contributed by atoms with Gasteiger partial charge in [0.2, 0.25) is 6.79 Å². The van der Waals surface area contributed by atoms with Crippen molar-refractivity contribution in [3.8, 4) is 17.2 Å². The number of benzene rings is 3. The second kappa shape index (κ2) is 12.0. The smallest absolute Gasteiger partial charge is 0.339 e. The molecule has 0 saturated carbocycles. The molecular weight excluding hydrogens is 526 g/mol. The van der Waals surface area contributed by atoms with E-state index in [0.717, 1.165) is 31.1 Å². The van der Waals surface area contributed by atoms with Gasteiger partial charge in [-0.2, -0.15) is 0 Å². The molecule has 214 valence electrons. The van der Waals surface area contributed by atoms with E-state index in [-0.39, 0.29) is 28.7 Å². The van der Waals surface area contributed by atoms with Crippen LogP contribution >= 0.6 is 0 Å². The molecule has 0 spiro atoms. The number of carbonyl (C=O) groups excluding carboxylic acids is 2. The largest absolute Gasteiger partial charge is 0.496 e. The van der Waals surface area contributed by atoms with Crippen molar-refractivity contribution < 1.29 is 39.0 Å². The zero-order valence-corrected chi connectivity index (χ0v) is 23.3. The predicted molar refractivity (Wildman–Crippen MR) is 154 cm³/mol. The van der Waals surface area contributed by atoms with Crippen LogP contribution in [0, 0.1) is 0 Å². The average Bonchev–Trinajstić information content (AvgIpc) is 3.43. The molecule has 5 rings (SSSR count). The van der Waals surface area contributed by atoms with Gasteiger partial charge in [-0.1, -0.05) is 35.4 Å². The number of allylic oxidation sites excluding steroid dienone is 4. The van der Waals surface area contributed by atoms with Crippen LogP contribution in [0.25, 0.3) is 21.5 Å². The molecule has 1 heterocycles. The SMILES string of the molecule is COc1cccc2c1cc(N(O)O)c1c(C(=O)O[C@H]3/C=C(/C=O)CC/C=C(/C)CC/C=C(/C)C3)cc3c(c12)OCO3. The lowest BCUT2D eigenvalue weighted by Crippen LogP contribution is -2.19. The molecule has 0 bridgehead atoms. The van der Waals surface area contributed by atoms with Crippen LogP contribution in [0.2, 0.25) is 0 Å². The number of ether oxygens (including phenoxy) is 4. The Morgan fingerprint density at radius 1 is 1.02 bits per heavy atom. The molecule has 0 fully saturated rings. The topological polar surface area (TPSA) is 115 Å². The summed E-state index contributed by atoms with van der Waals surface area (Å²) in [4.78, 5) is 25.8. The average molecular weight is 560 g/mol. The van der Waals surface area contributed by atoms with E-state index in [1.165, 1.54) is 24.8 Å². The number of hydrogen-bond donors (Lipinski definition) is 2. The Balaban J connectivity index is 1.65. The molecule has 41 heavy (non-hydrogen) atoms. The second-order valence-electron chi connectivity index (χ2n) is 10.3. The van der Waals surface area contributed by atoms with Crippen LogP contribution in [0.1, 0.15) is 56.3 Å². The van der Waals surface area contributed by atoms with Gasteiger partial charge in [-0.3, -0.25) is 15.2 Å². The molecule has 0 aromatic heterocycles. The van der Waals surface area contributed by atoms with Gasteiger partial charge in [0.25, 0.3) is 0 Å². The summed E-state index contributed by atoms with van der Waals surface area (Å²) in [5.41, 5.74) is 2.85. The molecule has 1 aliphatic heterocycles. The zero-order valence-electron chi connectivity index (χ0n) is 23.3. The number of nitrogens with zero attached hydrogens (tertiary/aromatic N) is 1. The van der Waals surface area contributed by atoms with Gasteiger partial charge in [-0.05, 0) is 74.8 Å². The minimum atomic E-state index is -0.715. The number of aldehydes is 1. The van der Waals surface area contributed by atoms with E-state index in [9.17, 15) is 20.0 Å². The maximum atomic E-state index is 13.9. The molecule has 9 nitrogen and oxygen atoms in total. The lowest BCUT2D eigenvalue weighted by atomic mass is 9.94. The molecule has 0 radical (unpaired) electrons. The van der Waals surface area contributed by atoms with Gasteiger partial charge in [-0.25, -0.2) is 4.79 Å². The van der Waals surface area contributed by atoms with E-state index in [1.807, 2.05) is 13.0 Å². The highest BCUT2D eigenvalue weighted by Crippen LogP contribution is 2.49. The van der Waals surface area contributed by atoms with Gasteiger partial charge in [0.05, 0.1) is 12.7 Å². The Hall–Kier alpha value is -4.34. The quantitative estimate of drug-likeness (QED) is 0.114. The van der Waals surface area contributed by atoms with Crippen molar-refractivity contribution in [2.24, 2.45) is 0 Å². The Bertz CT molecular complexity index is 1600. The van der Waals surface area contributed by atoms with Gasteiger partial charge >= 0.3 is 5.97 Å². The summed E-state index contributed by atoms with van der Waals surface area (Å²) in [6.45, 7) is 4.00. The molecule has 1 atom stereocenters. The van der Waals surface area contributed by atoms with Crippen molar-refractivity contribution in [1.29, 1.82) is 0 Å². The third-order valence-electron chi connectivity index (χ3n) is 7.48. The van der Waals surface area contributed by atoms with E-state index in [1.54, 1.807) is 18.2 Å². The van der Waals surface area contributed by atoms with Gasteiger partial charge in [-0.15, -0.1) is 5.23 Å². The van der Waals surface area contributed by atoms with Crippen LogP contribution in [-0.2, 0) is 9.53 Å². The maximum Gasteiger partial charge on any atom is 0.339 e. The first-order valence-corrected chi connectivity index (χ1v) is 13.5. The van der Waals surface area contributed by atoms with Crippen molar-refractivity contribution in [2.75, 3.05) is 19.1 Å². The molecule has 9 heteroatoms. The molecule has 2 aliphatic rings. The van der Waals surface area contributed by atoms with E-state index in [0.29, 0.717) is 51.8 Å². The van der Waals surface area contributed by atoms with Crippen LogP contribution in [0.5, 0.6) is 17.2 Å². The van der Waals surface area contributed by atoms with Gasteiger partial charge < -0.3 is 18.9 Å². The highest BCUT2D eigenvalue weighted by Gasteiger charge is 2.29. The van der Waals surface area contributed by atoms with E-state index < -0.39 is 12.1 Å². The van der Waals surface area contributed by atoms with Crippen LogP contribution in [0.3, 0.4) is 0 Å². The third-order valence-corrected chi connectivity index (χ3v) is 7.48. The molecule has 1 aliphatic carbocycles. The van der Waals surface area contributed by atoms with Crippen molar-refractivity contribution in [3.05, 3.63) is 70.8 Å². The molecular formula is C32H33NO8. The summed E-state index contributed by atoms with van der Waals surface area (Å²) < 4.78 is 23.0. The number of esters is 1. The second-order valence-corrected chi connectivity index (χ2v) is 10.3. The summed E-state index contributed by atoms with van der Waals surface area (Å²) in [6.07, 6.45) is 9.50. The molecule has 2 N–H and O–H groups in total. The standard InChI is InChI=1S/C32H33NO8/c1-19-7-4-9-20(2)13-22(14-21(17-34)10-5-8-19)41-32(35)25-16-28-31(40-18-39-28)30-23-11-6-12-27(38-3)24(23)15-26(29(25)30)33(36)37/h6,8-9,11-12,14-17,22,36-37H,4-5,7,10,13,18H2,1-3H3/b19-8-,20-9-,21-14+/t22-/m1/s1. The number of rotatable bonds is 5. The van der Waals surface area contributed by atoms with Crippen LogP contribution in [0.15, 0.2) is 65.3 Å².